The number of aryl methyl sites for hydroxylation is 1. The van der Waals surface area contributed by atoms with E-state index in [4.69, 9.17) is 0 Å². The SMILES string of the molecule is Cc1cccnc1-c1cnc2cc(C(F)(F)F)ccc2n1. The molecule has 0 radical (unpaired) electrons. The Balaban J connectivity index is 2.12. The molecule has 0 aliphatic heterocycles. The molecular weight excluding hydrogens is 279 g/mol. The van der Waals surface area contributed by atoms with Crippen LogP contribution in [0.5, 0.6) is 0 Å². The maximum Gasteiger partial charge on any atom is 0.416 e. The molecule has 0 spiro atoms. The molecule has 3 aromatic rings. The normalized spacial score (nSPS) is 11.8. The van der Waals surface area contributed by atoms with Crippen LogP contribution in [0.3, 0.4) is 0 Å². The summed E-state index contributed by atoms with van der Waals surface area (Å²) in [5.41, 5.74) is 2.03. The third-order valence-corrected chi connectivity index (χ3v) is 3.12. The molecule has 6 heteroatoms. The van der Waals surface area contributed by atoms with E-state index in [9.17, 15) is 13.2 Å². The van der Waals surface area contributed by atoms with Gasteiger partial charge in [-0.25, -0.2) is 4.98 Å². The molecule has 3 nitrogen and oxygen atoms in total. The zero-order valence-corrected chi connectivity index (χ0v) is 11.0. The van der Waals surface area contributed by atoms with Gasteiger partial charge in [0.2, 0.25) is 0 Å². The lowest BCUT2D eigenvalue weighted by atomic mass is 10.1. The average Bonchev–Trinajstić information content (AvgIpc) is 2.46. The number of fused-ring (bicyclic) bond motifs is 1. The molecule has 0 bridgehead atoms. The minimum atomic E-state index is -4.38. The zero-order valence-electron chi connectivity index (χ0n) is 11.0. The lowest BCUT2D eigenvalue weighted by Gasteiger charge is -2.08. The molecule has 0 atom stereocenters. The molecule has 21 heavy (non-hydrogen) atoms. The Morgan fingerprint density at radius 1 is 1.00 bits per heavy atom. The topological polar surface area (TPSA) is 38.7 Å². The van der Waals surface area contributed by atoms with Crippen molar-refractivity contribution in [2.45, 2.75) is 13.1 Å². The summed E-state index contributed by atoms with van der Waals surface area (Å²) in [7, 11) is 0. The minimum absolute atomic E-state index is 0.210. The van der Waals surface area contributed by atoms with Crippen LogP contribution in [0.15, 0.2) is 42.7 Å². The third-order valence-electron chi connectivity index (χ3n) is 3.12. The Labute approximate surface area is 118 Å². The molecule has 2 heterocycles. The highest BCUT2D eigenvalue weighted by molar-refractivity contribution is 5.77. The van der Waals surface area contributed by atoms with Crippen molar-refractivity contribution in [1.82, 2.24) is 15.0 Å². The molecule has 0 aliphatic rings. The van der Waals surface area contributed by atoms with Gasteiger partial charge >= 0.3 is 6.18 Å². The second kappa shape index (κ2) is 4.80. The van der Waals surface area contributed by atoms with Crippen molar-refractivity contribution in [3.63, 3.8) is 0 Å². The van der Waals surface area contributed by atoms with Crippen LogP contribution in [0.25, 0.3) is 22.4 Å². The molecule has 0 saturated heterocycles. The molecule has 2 aromatic heterocycles. The minimum Gasteiger partial charge on any atom is -0.254 e. The number of halogens is 3. The number of rotatable bonds is 1. The molecule has 3 rings (SSSR count). The van der Waals surface area contributed by atoms with Crippen LogP contribution in [0.4, 0.5) is 13.2 Å². The van der Waals surface area contributed by atoms with Gasteiger partial charge in [0, 0.05) is 6.20 Å². The van der Waals surface area contributed by atoms with Crippen LogP contribution < -0.4 is 0 Å². The second-order valence-corrected chi connectivity index (χ2v) is 4.63. The van der Waals surface area contributed by atoms with Crippen LogP contribution in [-0.4, -0.2) is 15.0 Å². The Morgan fingerprint density at radius 3 is 2.52 bits per heavy atom. The Hall–Kier alpha value is -2.50. The first-order valence-corrected chi connectivity index (χ1v) is 6.21. The van der Waals surface area contributed by atoms with E-state index in [1.165, 1.54) is 12.3 Å². The molecule has 0 saturated carbocycles. The van der Waals surface area contributed by atoms with Gasteiger partial charge in [0.15, 0.2) is 0 Å². The van der Waals surface area contributed by atoms with Gasteiger partial charge in [-0.15, -0.1) is 0 Å². The highest BCUT2D eigenvalue weighted by atomic mass is 19.4. The number of alkyl halides is 3. The molecule has 0 fully saturated rings. The van der Waals surface area contributed by atoms with E-state index >= 15 is 0 Å². The molecule has 1 aromatic carbocycles. The number of nitrogens with zero attached hydrogens (tertiary/aromatic N) is 3. The molecule has 0 N–H and O–H groups in total. The van der Waals surface area contributed by atoms with E-state index < -0.39 is 11.7 Å². The smallest absolute Gasteiger partial charge is 0.254 e. The summed E-state index contributed by atoms with van der Waals surface area (Å²) in [5.74, 6) is 0. The van der Waals surface area contributed by atoms with Crippen molar-refractivity contribution in [3.05, 3.63) is 53.9 Å². The van der Waals surface area contributed by atoms with E-state index in [1.54, 1.807) is 6.20 Å². The highest BCUT2D eigenvalue weighted by Gasteiger charge is 2.30. The Bertz CT molecular complexity index is 813. The summed E-state index contributed by atoms with van der Waals surface area (Å²) in [6.07, 6.45) is -1.30. The quantitative estimate of drug-likeness (QED) is 0.679. The summed E-state index contributed by atoms with van der Waals surface area (Å²) in [4.78, 5) is 12.6. The van der Waals surface area contributed by atoms with Gasteiger partial charge in [0.1, 0.15) is 5.69 Å². The fraction of sp³-hybridized carbons (Fsp3) is 0.133. The van der Waals surface area contributed by atoms with Gasteiger partial charge in [-0.05, 0) is 36.8 Å². The summed E-state index contributed by atoms with van der Waals surface area (Å²) >= 11 is 0. The van der Waals surface area contributed by atoms with Crippen LogP contribution in [0, 0.1) is 6.92 Å². The van der Waals surface area contributed by atoms with E-state index in [1.807, 2.05) is 19.1 Å². The number of hydrogen-bond acceptors (Lipinski definition) is 3. The first kappa shape index (κ1) is 13.5. The van der Waals surface area contributed by atoms with E-state index in [-0.39, 0.29) is 5.52 Å². The number of pyridine rings is 1. The van der Waals surface area contributed by atoms with Crippen molar-refractivity contribution >= 4 is 11.0 Å². The van der Waals surface area contributed by atoms with Gasteiger partial charge in [-0.3, -0.25) is 9.97 Å². The fourth-order valence-corrected chi connectivity index (χ4v) is 2.05. The Kier molecular flexibility index (Phi) is 3.08. The maximum absolute atomic E-state index is 12.7. The van der Waals surface area contributed by atoms with Gasteiger partial charge in [-0.2, -0.15) is 13.2 Å². The fourth-order valence-electron chi connectivity index (χ4n) is 2.05. The average molecular weight is 289 g/mol. The zero-order chi connectivity index (χ0) is 15.0. The molecular formula is C15H10F3N3. The molecule has 106 valence electrons. The lowest BCUT2D eigenvalue weighted by Crippen LogP contribution is -2.05. The predicted molar refractivity (Wildman–Crippen MR) is 72.5 cm³/mol. The van der Waals surface area contributed by atoms with E-state index in [0.29, 0.717) is 16.9 Å². The van der Waals surface area contributed by atoms with Crippen molar-refractivity contribution in [2.24, 2.45) is 0 Å². The predicted octanol–water partition coefficient (Wildman–Crippen LogP) is 4.02. The van der Waals surface area contributed by atoms with Crippen molar-refractivity contribution in [3.8, 4) is 11.4 Å². The standard InChI is InChI=1S/C15H10F3N3/c1-9-3-2-6-19-14(9)13-8-20-12-7-10(15(16,17)18)4-5-11(12)21-13/h2-8H,1H3. The molecule has 0 aliphatic carbocycles. The maximum atomic E-state index is 12.7. The first-order chi connectivity index (χ1) is 9.95. The van der Waals surface area contributed by atoms with Crippen LogP contribution >= 0.6 is 0 Å². The Morgan fingerprint density at radius 2 is 1.81 bits per heavy atom. The molecule has 0 amide bonds. The lowest BCUT2D eigenvalue weighted by molar-refractivity contribution is -0.137. The van der Waals surface area contributed by atoms with Gasteiger partial charge < -0.3 is 0 Å². The number of hydrogen-bond donors (Lipinski definition) is 0. The first-order valence-electron chi connectivity index (χ1n) is 6.21. The summed E-state index contributed by atoms with van der Waals surface area (Å²) in [6, 6.07) is 7.03. The highest BCUT2D eigenvalue weighted by Crippen LogP contribution is 2.31. The number of aromatic nitrogens is 3. The van der Waals surface area contributed by atoms with E-state index in [2.05, 4.69) is 15.0 Å². The van der Waals surface area contributed by atoms with Gasteiger partial charge in [0.05, 0.1) is 28.5 Å². The van der Waals surface area contributed by atoms with Crippen LogP contribution in [0.2, 0.25) is 0 Å². The van der Waals surface area contributed by atoms with Crippen molar-refractivity contribution in [1.29, 1.82) is 0 Å². The van der Waals surface area contributed by atoms with Crippen molar-refractivity contribution in [2.75, 3.05) is 0 Å². The van der Waals surface area contributed by atoms with Gasteiger partial charge in [0.25, 0.3) is 0 Å². The summed E-state index contributed by atoms with van der Waals surface area (Å²) in [6.45, 7) is 1.89. The number of benzene rings is 1. The second-order valence-electron chi connectivity index (χ2n) is 4.63. The van der Waals surface area contributed by atoms with Crippen LogP contribution in [-0.2, 0) is 6.18 Å². The van der Waals surface area contributed by atoms with Crippen LogP contribution in [0.1, 0.15) is 11.1 Å². The largest absolute Gasteiger partial charge is 0.416 e. The third kappa shape index (κ3) is 2.56. The van der Waals surface area contributed by atoms with Gasteiger partial charge in [-0.1, -0.05) is 6.07 Å². The molecule has 0 unspecified atom stereocenters. The van der Waals surface area contributed by atoms with Crippen molar-refractivity contribution < 1.29 is 13.2 Å². The summed E-state index contributed by atoms with van der Waals surface area (Å²) < 4.78 is 38.0. The van der Waals surface area contributed by atoms with E-state index in [0.717, 1.165) is 17.7 Å². The summed E-state index contributed by atoms with van der Waals surface area (Å²) in [5, 5.41) is 0. The monoisotopic (exact) mass is 289 g/mol.